The molecule has 2 aromatic rings. The average molecular weight is 343 g/mol. The van der Waals surface area contributed by atoms with Gasteiger partial charge in [0, 0.05) is 17.2 Å². The number of carbonyl (C=O) groups is 1. The lowest BCUT2D eigenvalue weighted by atomic mass is 9.83. The van der Waals surface area contributed by atoms with Crippen LogP contribution in [0.25, 0.3) is 0 Å². The van der Waals surface area contributed by atoms with Crippen LogP contribution in [0.1, 0.15) is 36.1 Å². The Bertz CT molecular complexity index is 789. The van der Waals surface area contributed by atoms with Crippen LogP contribution in [-0.4, -0.2) is 18.1 Å². The number of benzene rings is 2. The van der Waals surface area contributed by atoms with E-state index in [0.717, 1.165) is 24.2 Å². The fraction of sp³-hybridized carbons (Fsp3) is 0.350. The highest BCUT2D eigenvalue weighted by molar-refractivity contribution is 5.93. The van der Waals surface area contributed by atoms with Crippen molar-refractivity contribution >= 4 is 11.6 Å². The molecule has 0 bridgehead atoms. The van der Waals surface area contributed by atoms with E-state index in [9.17, 15) is 14.3 Å². The van der Waals surface area contributed by atoms with Gasteiger partial charge in [-0.3, -0.25) is 4.79 Å². The van der Waals surface area contributed by atoms with Gasteiger partial charge in [0.1, 0.15) is 11.6 Å². The summed E-state index contributed by atoms with van der Waals surface area (Å²) >= 11 is 0. The van der Waals surface area contributed by atoms with Crippen molar-refractivity contribution < 1.29 is 19.0 Å². The lowest BCUT2D eigenvalue weighted by Crippen LogP contribution is -2.28. The average Bonchev–Trinajstić information content (AvgIpc) is 2.62. The molecule has 0 saturated carbocycles. The van der Waals surface area contributed by atoms with Crippen LogP contribution in [0.5, 0.6) is 5.75 Å². The van der Waals surface area contributed by atoms with Gasteiger partial charge < -0.3 is 15.2 Å². The van der Waals surface area contributed by atoms with Gasteiger partial charge >= 0.3 is 0 Å². The zero-order chi connectivity index (χ0) is 18.0. The first-order valence-electron chi connectivity index (χ1n) is 8.42. The van der Waals surface area contributed by atoms with Crippen LogP contribution in [0.4, 0.5) is 10.1 Å². The monoisotopic (exact) mass is 343 g/mol. The van der Waals surface area contributed by atoms with E-state index in [1.807, 2.05) is 18.2 Å². The molecule has 2 aromatic carbocycles. The molecular formula is C20H22FNO3. The van der Waals surface area contributed by atoms with Gasteiger partial charge in [-0.15, -0.1) is 0 Å². The van der Waals surface area contributed by atoms with Crippen molar-refractivity contribution in [3.05, 3.63) is 58.9 Å². The Morgan fingerprint density at radius 2 is 2.08 bits per heavy atom. The van der Waals surface area contributed by atoms with E-state index in [0.29, 0.717) is 12.1 Å². The molecule has 4 nitrogen and oxygen atoms in total. The SMILES string of the molecule is COc1ccc2c(c1)CCC(C(=O)Nc1ccc(F)c(C(C)O)c1)C2. The van der Waals surface area contributed by atoms with Crippen molar-refractivity contribution in [2.75, 3.05) is 12.4 Å². The van der Waals surface area contributed by atoms with Crippen LogP contribution in [0.2, 0.25) is 0 Å². The Balaban J connectivity index is 1.71. The summed E-state index contributed by atoms with van der Waals surface area (Å²) in [7, 11) is 1.64. The molecule has 2 unspecified atom stereocenters. The molecule has 5 heteroatoms. The molecule has 0 saturated heterocycles. The lowest BCUT2D eigenvalue weighted by molar-refractivity contribution is -0.120. The Morgan fingerprint density at radius 1 is 1.28 bits per heavy atom. The zero-order valence-electron chi connectivity index (χ0n) is 14.4. The first kappa shape index (κ1) is 17.4. The zero-order valence-corrected chi connectivity index (χ0v) is 14.4. The molecule has 0 heterocycles. The van der Waals surface area contributed by atoms with Gasteiger partial charge in [0.25, 0.3) is 0 Å². The largest absolute Gasteiger partial charge is 0.497 e. The molecule has 0 aromatic heterocycles. The Morgan fingerprint density at radius 3 is 2.80 bits per heavy atom. The number of hydrogen-bond donors (Lipinski definition) is 2. The number of amides is 1. The standard InChI is InChI=1S/C20H22FNO3/c1-12(23)18-11-16(6-8-19(18)21)22-20(24)15-4-3-14-10-17(25-2)7-5-13(14)9-15/h5-8,10-12,15,23H,3-4,9H2,1-2H3,(H,22,24). The molecular weight excluding hydrogens is 321 g/mol. The molecule has 132 valence electrons. The summed E-state index contributed by atoms with van der Waals surface area (Å²) in [6.45, 7) is 1.50. The number of halogens is 1. The van der Waals surface area contributed by atoms with Gasteiger partial charge in [0.2, 0.25) is 5.91 Å². The highest BCUT2D eigenvalue weighted by Crippen LogP contribution is 2.30. The predicted octanol–water partition coefficient (Wildman–Crippen LogP) is 3.63. The van der Waals surface area contributed by atoms with Crippen LogP contribution in [-0.2, 0) is 17.6 Å². The molecule has 0 spiro atoms. The number of ether oxygens (including phenoxy) is 1. The number of methoxy groups -OCH3 is 1. The maximum atomic E-state index is 13.7. The van der Waals surface area contributed by atoms with Gasteiger partial charge in [-0.05, 0) is 67.6 Å². The summed E-state index contributed by atoms with van der Waals surface area (Å²) in [4.78, 5) is 12.6. The molecule has 0 radical (unpaired) electrons. The molecule has 3 rings (SSSR count). The summed E-state index contributed by atoms with van der Waals surface area (Å²) in [5, 5.41) is 12.4. The number of aliphatic hydroxyl groups excluding tert-OH is 1. The topological polar surface area (TPSA) is 58.6 Å². The van der Waals surface area contributed by atoms with Crippen molar-refractivity contribution in [3.8, 4) is 5.75 Å². The second-order valence-electron chi connectivity index (χ2n) is 6.48. The van der Waals surface area contributed by atoms with Crippen molar-refractivity contribution in [1.29, 1.82) is 0 Å². The van der Waals surface area contributed by atoms with Crippen LogP contribution in [0, 0.1) is 11.7 Å². The summed E-state index contributed by atoms with van der Waals surface area (Å²) in [6.07, 6.45) is 1.34. The second kappa shape index (κ2) is 7.23. The van der Waals surface area contributed by atoms with Gasteiger partial charge in [-0.2, -0.15) is 0 Å². The third-order valence-electron chi connectivity index (χ3n) is 4.73. The third kappa shape index (κ3) is 3.82. The maximum Gasteiger partial charge on any atom is 0.227 e. The Labute approximate surface area is 146 Å². The minimum atomic E-state index is -0.923. The van der Waals surface area contributed by atoms with Crippen LogP contribution >= 0.6 is 0 Å². The predicted molar refractivity (Wildman–Crippen MR) is 94.2 cm³/mol. The Hall–Kier alpha value is -2.40. The molecule has 1 amide bonds. The first-order valence-corrected chi connectivity index (χ1v) is 8.42. The summed E-state index contributed by atoms with van der Waals surface area (Å²) in [5.74, 6) is 0.151. The van der Waals surface area contributed by atoms with E-state index in [2.05, 4.69) is 5.32 Å². The molecule has 2 atom stereocenters. The smallest absolute Gasteiger partial charge is 0.227 e. The van der Waals surface area contributed by atoms with Crippen LogP contribution < -0.4 is 10.1 Å². The molecule has 2 N–H and O–H groups in total. The van der Waals surface area contributed by atoms with Gasteiger partial charge in [-0.1, -0.05) is 6.07 Å². The van der Waals surface area contributed by atoms with Gasteiger partial charge in [0.05, 0.1) is 13.2 Å². The molecule has 0 fully saturated rings. The van der Waals surface area contributed by atoms with Crippen LogP contribution in [0.15, 0.2) is 36.4 Å². The van der Waals surface area contributed by atoms with Gasteiger partial charge in [-0.25, -0.2) is 4.39 Å². The highest BCUT2D eigenvalue weighted by atomic mass is 19.1. The van der Waals surface area contributed by atoms with E-state index in [4.69, 9.17) is 4.74 Å². The van der Waals surface area contributed by atoms with Gasteiger partial charge in [0.15, 0.2) is 0 Å². The quantitative estimate of drug-likeness (QED) is 0.891. The van der Waals surface area contributed by atoms with E-state index < -0.39 is 11.9 Å². The van der Waals surface area contributed by atoms with E-state index >= 15 is 0 Å². The summed E-state index contributed by atoms with van der Waals surface area (Å²) in [5.41, 5.74) is 3.07. The molecule has 1 aliphatic carbocycles. The highest BCUT2D eigenvalue weighted by Gasteiger charge is 2.25. The number of aryl methyl sites for hydroxylation is 1. The maximum absolute atomic E-state index is 13.7. The van der Waals surface area contributed by atoms with E-state index in [1.54, 1.807) is 7.11 Å². The number of anilines is 1. The third-order valence-corrected chi connectivity index (χ3v) is 4.73. The second-order valence-corrected chi connectivity index (χ2v) is 6.48. The first-order chi connectivity index (χ1) is 12.0. The molecule has 0 aliphatic heterocycles. The molecule has 1 aliphatic rings. The number of carbonyl (C=O) groups excluding carboxylic acids is 1. The molecule has 25 heavy (non-hydrogen) atoms. The van der Waals surface area contributed by atoms with Crippen LogP contribution in [0.3, 0.4) is 0 Å². The van der Waals surface area contributed by atoms with Crippen molar-refractivity contribution in [1.82, 2.24) is 0 Å². The van der Waals surface area contributed by atoms with Crippen molar-refractivity contribution in [2.24, 2.45) is 5.92 Å². The fourth-order valence-electron chi connectivity index (χ4n) is 3.27. The summed E-state index contributed by atoms with van der Waals surface area (Å²) in [6, 6.07) is 10.2. The Kier molecular flexibility index (Phi) is 5.04. The lowest BCUT2D eigenvalue weighted by Gasteiger charge is -2.24. The summed E-state index contributed by atoms with van der Waals surface area (Å²) < 4.78 is 18.9. The van der Waals surface area contributed by atoms with E-state index in [-0.39, 0.29) is 17.4 Å². The normalized spacial score (nSPS) is 17.5. The van der Waals surface area contributed by atoms with Crippen molar-refractivity contribution in [3.63, 3.8) is 0 Å². The number of fused-ring (bicyclic) bond motifs is 1. The fourth-order valence-corrected chi connectivity index (χ4v) is 3.27. The number of aliphatic hydroxyl groups is 1. The number of rotatable bonds is 4. The minimum Gasteiger partial charge on any atom is -0.497 e. The van der Waals surface area contributed by atoms with E-state index in [1.165, 1.54) is 30.7 Å². The number of nitrogens with one attached hydrogen (secondary N) is 1. The van der Waals surface area contributed by atoms with Crippen molar-refractivity contribution in [2.45, 2.75) is 32.3 Å². The minimum absolute atomic E-state index is 0.0791. The number of hydrogen-bond acceptors (Lipinski definition) is 3.